The lowest BCUT2D eigenvalue weighted by molar-refractivity contribution is -0.121. The summed E-state index contributed by atoms with van der Waals surface area (Å²) in [5.74, 6) is -0.710. The van der Waals surface area contributed by atoms with Gasteiger partial charge in [-0.05, 0) is 56.3 Å². The molecule has 1 aliphatic rings. The number of carbonyl (C=O) groups excluding carboxylic acids is 1. The minimum Gasteiger partial charge on any atom is -0.478 e. The number of rotatable bonds is 4. The summed E-state index contributed by atoms with van der Waals surface area (Å²) in [6, 6.07) is 4.74. The Morgan fingerprint density at radius 3 is 2.52 bits per heavy atom. The van der Waals surface area contributed by atoms with Crippen LogP contribution in [-0.4, -0.2) is 23.5 Å². The fraction of sp³-hybridized carbons (Fsp3) is 0.467. The van der Waals surface area contributed by atoms with Gasteiger partial charge in [0.2, 0.25) is 5.91 Å². The third kappa shape index (κ3) is 4.04. The van der Waals surface area contributed by atoms with Gasteiger partial charge in [-0.3, -0.25) is 4.79 Å². The van der Waals surface area contributed by atoms with Gasteiger partial charge >= 0.3 is 5.97 Å². The molecule has 0 saturated heterocycles. The number of anilines is 1. The molecule has 114 valence electrons. The minimum atomic E-state index is -1.05. The lowest BCUT2D eigenvalue weighted by Crippen LogP contribution is -2.29. The first-order valence-electron chi connectivity index (χ1n) is 7.05. The molecule has 2 rings (SSSR count). The van der Waals surface area contributed by atoms with E-state index in [4.69, 9.17) is 10.8 Å². The van der Waals surface area contributed by atoms with Crippen molar-refractivity contribution in [1.82, 2.24) is 0 Å². The van der Waals surface area contributed by atoms with Crippen LogP contribution in [0.5, 0.6) is 0 Å². The van der Waals surface area contributed by atoms with E-state index >= 15 is 0 Å². The van der Waals surface area contributed by atoms with Crippen LogP contribution in [-0.2, 0) is 4.79 Å². The molecule has 0 aromatic heterocycles. The predicted octanol–water partition coefficient (Wildman–Crippen LogP) is 2.85. The van der Waals surface area contributed by atoms with Crippen molar-refractivity contribution in [3.05, 3.63) is 28.2 Å². The van der Waals surface area contributed by atoms with E-state index in [1.54, 1.807) is 12.1 Å². The number of amides is 1. The zero-order valence-corrected chi connectivity index (χ0v) is 13.2. The predicted molar refractivity (Wildman–Crippen MR) is 84.2 cm³/mol. The summed E-state index contributed by atoms with van der Waals surface area (Å²) in [6.07, 6.45) is 3.53. The number of carboxylic acid groups (broad SMARTS) is 1. The summed E-state index contributed by atoms with van der Waals surface area (Å²) in [4.78, 5) is 23.5. The normalized spacial score (nSPS) is 21.8. The van der Waals surface area contributed by atoms with E-state index in [0.717, 1.165) is 30.2 Å². The first-order valence-corrected chi connectivity index (χ1v) is 7.84. The number of carbonyl (C=O) groups is 2. The Hall–Kier alpha value is -1.40. The van der Waals surface area contributed by atoms with Crippen molar-refractivity contribution in [2.24, 2.45) is 17.6 Å². The van der Waals surface area contributed by atoms with Gasteiger partial charge < -0.3 is 16.2 Å². The lowest BCUT2D eigenvalue weighted by Gasteiger charge is -2.27. The van der Waals surface area contributed by atoms with Crippen LogP contribution in [0.1, 0.15) is 36.0 Å². The van der Waals surface area contributed by atoms with Crippen LogP contribution < -0.4 is 11.1 Å². The third-order valence-electron chi connectivity index (χ3n) is 4.02. The standard InChI is InChI=1S/C15H19BrN2O3/c16-11-5-6-12(15(20)21)13(7-11)18-14(19)10-3-1-9(8-17)2-4-10/h5-7,9-10H,1-4,8,17H2,(H,18,19)(H,20,21). The molecule has 0 bridgehead atoms. The number of hydrogen-bond acceptors (Lipinski definition) is 3. The van der Waals surface area contributed by atoms with Crippen molar-refractivity contribution < 1.29 is 14.7 Å². The first kappa shape index (κ1) is 16.0. The fourth-order valence-corrected chi connectivity index (χ4v) is 3.06. The van der Waals surface area contributed by atoms with E-state index in [9.17, 15) is 9.59 Å². The smallest absolute Gasteiger partial charge is 0.337 e. The number of nitrogens with two attached hydrogens (primary N) is 1. The quantitative estimate of drug-likeness (QED) is 0.774. The van der Waals surface area contributed by atoms with Crippen LogP contribution in [0.2, 0.25) is 0 Å². The van der Waals surface area contributed by atoms with Crippen LogP contribution in [0.4, 0.5) is 5.69 Å². The first-order chi connectivity index (χ1) is 10.0. The Labute approximate surface area is 132 Å². The zero-order chi connectivity index (χ0) is 15.4. The Morgan fingerprint density at radius 1 is 1.29 bits per heavy atom. The SMILES string of the molecule is NCC1CCC(C(=O)Nc2cc(Br)ccc2C(=O)O)CC1. The van der Waals surface area contributed by atoms with Crippen LogP contribution in [0.15, 0.2) is 22.7 Å². The molecule has 0 aliphatic heterocycles. The molecule has 1 fully saturated rings. The van der Waals surface area contributed by atoms with Gasteiger partial charge in [-0.2, -0.15) is 0 Å². The molecule has 21 heavy (non-hydrogen) atoms. The Morgan fingerprint density at radius 2 is 1.95 bits per heavy atom. The molecule has 1 aliphatic carbocycles. The van der Waals surface area contributed by atoms with Crippen LogP contribution in [0, 0.1) is 11.8 Å². The Bertz CT molecular complexity index is 540. The number of nitrogens with one attached hydrogen (secondary N) is 1. The highest BCUT2D eigenvalue weighted by atomic mass is 79.9. The third-order valence-corrected chi connectivity index (χ3v) is 4.51. The van der Waals surface area contributed by atoms with Crippen molar-refractivity contribution >= 4 is 33.5 Å². The summed E-state index contributed by atoms with van der Waals surface area (Å²) in [5.41, 5.74) is 6.08. The molecule has 0 unspecified atom stereocenters. The number of aromatic carboxylic acids is 1. The van der Waals surface area contributed by atoms with Crippen molar-refractivity contribution in [3.8, 4) is 0 Å². The number of benzene rings is 1. The molecule has 0 spiro atoms. The second-order valence-corrected chi connectivity index (χ2v) is 6.35. The molecule has 0 radical (unpaired) electrons. The van der Waals surface area contributed by atoms with Gasteiger partial charge in [-0.15, -0.1) is 0 Å². The molecular weight excluding hydrogens is 336 g/mol. The van der Waals surface area contributed by atoms with E-state index in [1.165, 1.54) is 6.07 Å². The summed E-state index contributed by atoms with van der Waals surface area (Å²) >= 11 is 3.29. The molecule has 5 nitrogen and oxygen atoms in total. The molecule has 1 aromatic carbocycles. The maximum atomic E-state index is 12.3. The molecule has 0 heterocycles. The highest BCUT2D eigenvalue weighted by molar-refractivity contribution is 9.10. The van der Waals surface area contributed by atoms with E-state index in [2.05, 4.69) is 21.2 Å². The molecular formula is C15H19BrN2O3. The van der Waals surface area contributed by atoms with Gasteiger partial charge in [-0.1, -0.05) is 15.9 Å². The zero-order valence-electron chi connectivity index (χ0n) is 11.6. The highest BCUT2D eigenvalue weighted by Crippen LogP contribution is 2.30. The highest BCUT2D eigenvalue weighted by Gasteiger charge is 2.26. The summed E-state index contributed by atoms with van der Waals surface area (Å²) in [7, 11) is 0. The monoisotopic (exact) mass is 354 g/mol. The van der Waals surface area contributed by atoms with E-state index < -0.39 is 5.97 Å². The average Bonchev–Trinajstić information content (AvgIpc) is 2.47. The van der Waals surface area contributed by atoms with E-state index in [1.807, 2.05) is 0 Å². The number of halogens is 1. The van der Waals surface area contributed by atoms with E-state index in [-0.39, 0.29) is 17.4 Å². The molecule has 1 aromatic rings. The van der Waals surface area contributed by atoms with Gasteiger partial charge in [0.1, 0.15) is 0 Å². The Balaban J connectivity index is 2.06. The second kappa shape index (κ2) is 7.04. The van der Waals surface area contributed by atoms with Gasteiger partial charge in [-0.25, -0.2) is 4.79 Å². The average molecular weight is 355 g/mol. The topological polar surface area (TPSA) is 92.4 Å². The van der Waals surface area contributed by atoms with Crippen LogP contribution >= 0.6 is 15.9 Å². The summed E-state index contributed by atoms with van der Waals surface area (Å²) in [5, 5.41) is 11.9. The van der Waals surface area contributed by atoms with Crippen LogP contribution in [0.25, 0.3) is 0 Å². The maximum Gasteiger partial charge on any atom is 0.337 e. The van der Waals surface area contributed by atoms with Gasteiger partial charge in [0.15, 0.2) is 0 Å². The number of carboxylic acids is 1. The maximum absolute atomic E-state index is 12.3. The largest absolute Gasteiger partial charge is 0.478 e. The molecule has 1 saturated carbocycles. The van der Waals surface area contributed by atoms with Crippen LogP contribution in [0.3, 0.4) is 0 Å². The van der Waals surface area contributed by atoms with Gasteiger partial charge in [0.05, 0.1) is 11.3 Å². The molecule has 1 amide bonds. The molecule has 6 heteroatoms. The molecule has 4 N–H and O–H groups in total. The summed E-state index contributed by atoms with van der Waals surface area (Å²) < 4.78 is 0.731. The van der Waals surface area contributed by atoms with Gasteiger partial charge in [0, 0.05) is 10.4 Å². The van der Waals surface area contributed by atoms with Crippen molar-refractivity contribution in [1.29, 1.82) is 0 Å². The molecule has 0 atom stereocenters. The van der Waals surface area contributed by atoms with Gasteiger partial charge in [0.25, 0.3) is 0 Å². The second-order valence-electron chi connectivity index (χ2n) is 5.44. The van der Waals surface area contributed by atoms with Crippen molar-refractivity contribution in [2.75, 3.05) is 11.9 Å². The Kier molecular flexibility index (Phi) is 5.36. The summed E-state index contributed by atoms with van der Waals surface area (Å²) in [6.45, 7) is 0.670. The van der Waals surface area contributed by atoms with Crippen molar-refractivity contribution in [3.63, 3.8) is 0 Å². The minimum absolute atomic E-state index is 0.0616. The fourth-order valence-electron chi connectivity index (χ4n) is 2.70. The van der Waals surface area contributed by atoms with Crippen molar-refractivity contribution in [2.45, 2.75) is 25.7 Å². The lowest BCUT2D eigenvalue weighted by atomic mass is 9.81. The van der Waals surface area contributed by atoms with E-state index in [0.29, 0.717) is 18.2 Å². The number of hydrogen-bond donors (Lipinski definition) is 3.